The zero-order valence-electron chi connectivity index (χ0n) is 16.9. The number of β-amino-alcohol motifs (C(OH)–C–C–N with tert-alkyl or cyclic N) is 1. The van der Waals surface area contributed by atoms with Crippen LogP contribution in [0.5, 0.6) is 11.5 Å². The third kappa shape index (κ3) is 6.94. The summed E-state index contributed by atoms with van der Waals surface area (Å²) < 4.78 is 24.5. The number of aliphatic carboxylic acids is 1. The van der Waals surface area contributed by atoms with E-state index in [2.05, 4.69) is 5.32 Å². The molecule has 8 nitrogen and oxygen atoms in total. The summed E-state index contributed by atoms with van der Waals surface area (Å²) in [7, 11) is 0. The van der Waals surface area contributed by atoms with Crippen LogP contribution in [0.2, 0.25) is 0 Å². The Morgan fingerprint density at radius 2 is 1.94 bits per heavy atom. The van der Waals surface area contributed by atoms with E-state index >= 15 is 0 Å². The molecular formula is C22H25FN2O6. The first-order chi connectivity index (χ1) is 14.9. The Labute approximate surface area is 179 Å². The quantitative estimate of drug-likeness (QED) is 0.523. The molecule has 31 heavy (non-hydrogen) atoms. The summed E-state index contributed by atoms with van der Waals surface area (Å²) in [6, 6.07) is 12.3. The van der Waals surface area contributed by atoms with Gasteiger partial charge in [0, 0.05) is 19.6 Å². The maximum absolute atomic E-state index is 13.0. The number of carbonyl (C=O) groups is 2. The molecule has 9 heteroatoms. The molecule has 1 amide bonds. The summed E-state index contributed by atoms with van der Waals surface area (Å²) in [5.41, 5.74) is 0.199. The number of nitrogens with zero attached hydrogens (tertiary/aromatic N) is 1. The number of hydrogen-bond donors (Lipinski definition) is 3. The second-order valence-corrected chi connectivity index (χ2v) is 7.28. The van der Waals surface area contributed by atoms with E-state index in [-0.39, 0.29) is 29.8 Å². The number of rotatable bonds is 10. The van der Waals surface area contributed by atoms with Crippen LogP contribution >= 0.6 is 0 Å². The van der Waals surface area contributed by atoms with Gasteiger partial charge >= 0.3 is 5.97 Å². The SMILES string of the molecule is O=C(O)CNC(=O)c1ccccc1OCC(O)CN1CCC(Oc2ccc(F)cc2)C1. The van der Waals surface area contributed by atoms with E-state index in [1.54, 1.807) is 30.3 Å². The third-order valence-corrected chi connectivity index (χ3v) is 4.78. The molecule has 1 saturated heterocycles. The average molecular weight is 432 g/mol. The van der Waals surface area contributed by atoms with Crippen molar-refractivity contribution in [2.24, 2.45) is 0 Å². The summed E-state index contributed by atoms with van der Waals surface area (Å²) in [5, 5.41) is 21.3. The van der Waals surface area contributed by atoms with Crippen LogP contribution in [-0.2, 0) is 4.79 Å². The molecule has 3 rings (SSSR count). The molecule has 0 aromatic heterocycles. The van der Waals surface area contributed by atoms with Crippen LogP contribution < -0.4 is 14.8 Å². The predicted octanol–water partition coefficient (Wildman–Crippen LogP) is 1.53. The number of benzene rings is 2. The van der Waals surface area contributed by atoms with Gasteiger partial charge in [0.2, 0.25) is 0 Å². The van der Waals surface area contributed by atoms with Gasteiger partial charge in [-0.1, -0.05) is 12.1 Å². The van der Waals surface area contributed by atoms with E-state index in [1.807, 2.05) is 4.90 Å². The highest BCUT2D eigenvalue weighted by Crippen LogP contribution is 2.20. The summed E-state index contributed by atoms with van der Waals surface area (Å²) in [6.45, 7) is 1.23. The third-order valence-electron chi connectivity index (χ3n) is 4.78. The number of carboxylic acids is 1. The number of carbonyl (C=O) groups excluding carboxylic acids is 1. The van der Waals surface area contributed by atoms with Gasteiger partial charge in [-0.15, -0.1) is 0 Å². The average Bonchev–Trinajstić information content (AvgIpc) is 3.19. The van der Waals surface area contributed by atoms with E-state index in [0.717, 1.165) is 13.0 Å². The van der Waals surface area contributed by atoms with E-state index in [4.69, 9.17) is 14.6 Å². The summed E-state index contributed by atoms with van der Waals surface area (Å²) in [5.74, 6) is -1.15. The summed E-state index contributed by atoms with van der Waals surface area (Å²) >= 11 is 0. The van der Waals surface area contributed by atoms with Crippen LogP contribution in [-0.4, -0.2) is 72.0 Å². The van der Waals surface area contributed by atoms with E-state index in [1.165, 1.54) is 18.2 Å². The molecular weight excluding hydrogens is 407 g/mol. The number of para-hydroxylation sites is 1. The lowest BCUT2D eigenvalue weighted by molar-refractivity contribution is -0.135. The zero-order chi connectivity index (χ0) is 22.2. The number of halogens is 1. The molecule has 2 unspecified atom stereocenters. The fourth-order valence-corrected chi connectivity index (χ4v) is 3.33. The van der Waals surface area contributed by atoms with Gasteiger partial charge < -0.3 is 25.0 Å². The molecule has 1 aliphatic heterocycles. The molecule has 0 radical (unpaired) electrons. The van der Waals surface area contributed by atoms with Gasteiger partial charge in [-0.25, -0.2) is 4.39 Å². The van der Waals surface area contributed by atoms with Crippen LogP contribution in [0.1, 0.15) is 16.8 Å². The number of likely N-dealkylation sites (tertiary alicyclic amines) is 1. The molecule has 0 saturated carbocycles. The highest BCUT2D eigenvalue weighted by molar-refractivity contribution is 5.98. The van der Waals surface area contributed by atoms with Gasteiger partial charge in [0.25, 0.3) is 5.91 Å². The molecule has 0 spiro atoms. The Morgan fingerprint density at radius 1 is 1.19 bits per heavy atom. The van der Waals surface area contributed by atoms with Crippen molar-refractivity contribution in [2.75, 3.05) is 32.8 Å². The second kappa shape index (κ2) is 10.7. The lowest BCUT2D eigenvalue weighted by Crippen LogP contribution is -2.35. The van der Waals surface area contributed by atoms with Crippen LogP contribution in [0, 0.1) is 5.82 Å². The molecule has 0 aliphatic carbocycles. The van der Waals surface area contributed by atoms with Crippen LogP contribution in [0.3, 0.4) is 0 Å². The molecule has 2 aromatic rings. The van der Waals surface area contributed by atoms with Crippen molar-refractivity contribution in [1.29, 1.82) is 0 Å². The monoisotopic (exact) mass is 432 g/mol. The number of amides is 1. The van der Waals surface area contributed by atoms with Crippen LogP contribution in [0.4, 0.5) is 4.39 Å². The van der Waals surface area contributed by atoms with E-state index < -0.39 is 24.5 Å². The van der Waals surface area contributed by atoms with Crippen LogP contribution in [0.15, 0.2) is 48.5 Å². The number of aliphatic hydroxyl groups is 1. The van der Waals surface area contributed by atoms with E-state index in [9.17, 15) is 19.1 Å². The Bertz CT molecular complexity index is 892. The lowest BCUT2D eigenvalue weighted by atomic mass is 10.2. The maximum atomic E-state index is 13.0. The Balaban J connectivity index is 1.45. The van der Waals surface area contributed by atoms with Crippen molar-refractivity contribution in [1.82, 2.24) is 10.2 Å². The van der Waals surface area contributed by atoms with Gasteiger partial charge in [0.1, 0.15) is 42.7 Å². The van der Waals surface area contributed by atoms with Gasteiger partial charge in [-0.3, -0.25) is 14.5 Å². The highest BCUT2D eigenvalue weighted by Gasteiger charge is 2.26. The maximum Gasteiger partial charge on any atom is 0.322 e. The van der Waals surface area contributed by atoms with Crippen molar-refractivity contribution in [3.63, 3.8) is 0 Å². The molecule has 1 fully saturated rings. The summed E-state index contributed by atoms with van der Waals surface area (Å²) in [4.78, 5) is 24.8. The summed E-state index contributed by atoms with van der Waals surface area (Å²) in [6.07, 6.45) is -0.0469. The first kappa shape index (κ1) is 22.5. The molecule has 1 aliphatic rings. The first-order valence-corrected chi connectivity index (χ1v) is 9.95. The number of aliphatic hydroxyl groups excluding tert-OH is 1. The predicted molar refractivity (Wildman–Crippen MR) is 110 cm³/mol. The fourth-order valence-electron chi connectivity index (χ4n) is 3.33. The molecule has 2 atom stereocenters. The van der Waals surface area contributed by atoms with Gasteiger partial charge in [-0.05, 0) is 42.8 Å². The normalized spacial score (nSPS) is 17.2. The van der Waals surface area contributed by atoms with Crippen molar-refractivity contribution < 1.29 is 33.7 Å². The van der Waals surface area contributed by atoms with Crippen molar-refractivity contribution in [3.8, 4) is 11.5 Å². The molecule has 0 bridgehead atoms. The van der Waals surface area contributed by atoms with Crippen LogP contribution in [0.25, 0.3) is 0 Å². The molecule has 1 heterocycles. The largest absolute Gasteiger partial charge is 0.490 e. The van der Waals surface area contributed by atoms with Crippen molar-refractivity contribution in [2.45, 2.75) is 18.6 Å². The lowest BCUT2D eigenvalue weighted by Gasteiger charge is -2.21. The van der Waals surface area contributed by atoms with E-state index in [0.29, 0.717) is 18.8 Å². The molecule has 3 N–H and O–H groups in total. The van der Waals surface area contributed by atoms with Crippen molar-refractivity contribution >= 4 is 11.9 Å². The topological polar surface area (TPSA) is 108 Å². The number of ether oxygens (including phenoxy) is 2. The minimum Gasteiger partial charge on any atom is -0.490 e. The number of carboxylic acid groups (broad SMARTS) is 1. The zero-order valence-corrected chi connectivity index (χ0v) is 16.9. The van der Waals surface area contributed by atoms with Gasteiger partial charge in [0.15, 0.2) is 0 Å². The molecule has 166 valence electrons. The Morgan fingerprint density at radius 3 is 2.68 bits per heavy atom. The van der Waals surface area contributed by atoms with Gasteiger partial charge in [0.05, 0.1) is 5.56 Å². The number of nitrogens with one attached hydrogen (secondary N) is 1. The Kier molecular flexibility index (Phi) is 7.80. The minimum atomic E-state index is -1.14. The van der Waals surface area contributed by atoms with Crippen molar-refractivity contribution in [3.05, 3.63) is 59.9 Å². The Hall–Kier alpha value is -3.17. The second-order valence-electron chi connectivity index (χ2n) is 7.28. The minimum absolute atomic E-state index is 0.0246. The van der Waals surface area contributed by atoms with Gasteiger partial charge in [-0.2, -0.15) is 0 Å². The standard InChI is InChI=1S/C22H25FN2O6/c23-15-5-7-17(8-6-15)31-18-9-10-25(13-18)12-16(26)14-30-20-4-2-1-3-19(20)22(29)24-11-21(27)28/h1-8,16,18,26H,9-14H2,(H,24,29)(H,27,28). The smallest absolute Gasteiger partial charge is 0.322 e. The fraction of sp³-hybridized carbons (Fsp3) is 0.364. The first-order valence-electron chi connectivity index (χ1n) is 9.95. The molecule has 2 aromatic carbocycles. The number of hydrogen-bond acceptors (Lipinski definition) is 6. The highest BCUT2D eigenvalue weighted by atomic mass is 19.1.